The molecule has 1 aliphatic heterocycles. The van der Waals surface area contributed by atoms with Gasteiger partial charge in [-0.2, -0.15) is 0 Å². The van der Waals surface area contributed by atoms with Gasteiger partial charge in [-0.25, -0.2) is 0 Å². The van der Waals surface area contributed by atoms with Crippen LogP contribution in [-0.2, 0) is 4.79 Å². The molecule has 5 heteroatoms. The molecule has 1 amide bonds. The van der Waals surface area contributed by atoms with Gasteiger partial charge in [-0.15, -0.1) is 0 Å². The van der Waals surface area contributed by atoms with E-state index in [0.29, 0.717) is 12.3 Å². The van der Waals surface area contributed by atoms with Gasteiger partial charge in [0, 0.05) is 0 Å². The maximum Gasteiger partial charge on any atom is 0.275 e. The van der Waals surface area contributed by atoms with Crippen molar-refractivity contribution in [3.63, 3.8) is 0 Å². The summed E-state index contributed by atoms with van der Waals surface area (Å²) < 4.78 is 0. The Balaban J connectivity index is 1.51. The van der Waals surface area contributed by atoms with Crippen LogP contribution in [0.1, 0.15) is 31.4 Å². The van der Waals surface area contributed by atoms with Crippen molar-refractivity contribution in [2.24, 2.45) is 0 Å². The lowest BCUT2D eigenvalue weighted by Crippen LogP contribution is -3.16. The number of phenols is 1. The molecule has 1 heterocycles. The fourth-order valence-corrected chi connectivity index (χ4v) is 3.74. The Bertz CT molecular complexity index is 727. The van der Waals surface area contributed by atoms with E-state index < -0.39 is 0 Å². The molecule has 0 spiro atoms. The number of piperazine rings is 1. The Hall–Kier alpha value is -2.53. The number of carbonyl (C=O) groups is 1. The normalized spacial score (nSPS) is 16.1. The van der Waals surface area contributed by atoms with Gasteiger partial charge in [0.2, 0.25) is 0 Å². The van der Waals surface area contributed by atoms with Crippen LogP contribution in [0.25, 0.3) is 0 Å². The fraction of sp³-hybridized carbons (Fsp3) is 0.409. The van der Waals surface area contributed by atoms with E-state index >= 15 is 0 Å². The predicted molar refractivity (Wildman–Crippen MR) is 108 cm³/mol. The fourth-order valence-electron chi connectivity index (χ4n) is 3.74. The SMILES string of the molecule is CCC[C@H](NC(=O)C[NH+]1CCN(c2ccccc2O)CC1)c1ccccc1. The van der Waals surface area contributed by atoms with Crippen LogP contribution >= 0.6 is 0 Å². The molecule has 0 aromatic heterocycles. The summed E-state index contributed by atoms with van der Waals surface area (Å²) >= 11 is 0. The van der Waals surface area contributed by atoms with Crippen LogP contribution in [0, 0.1) is 0 Å². The number of rotatable bonds is 7. The zero-order valence-corrected chi connectivity index (χ0v) is 16.0. The minimum atomic E-state index is 0.0886. The third-order valence-corrected chi connectivity index (χ3v) is 5.22. The topological polar surface area (TPSA) is 57.0 Å². The number of aromatic hydroxyl groups is 1. The van der Waals surface area contributed by atoms with Crippen LogP contribution < -0.4 is 15.1 Å². The third kappa shape index (κ3) is 5.23. The molecule has 1 aliphatic rings. The number of hydrogen-bond donors (Lipinski definition) is 3. The number of quaternary nitrogens is 1. The zero-order valence-electron chi connectivity index (χ0n) is 16.0. The van der Waals surface area contributed by atoms with E-state index in [0.717, 1.165) is 44.7 Å². The van der Waals surface area contributed by atoms with Crippen LogP contribution in [0.15, 0.2) is 54.6 Å². The molecule has 1 saturated heterocycles. The lowest BCUT2D eigenvalue weighted by Gasteiger charge is -2.33. The molecule has 0 radical (unpaired) electrons. The Morgan fingerprint density at radius 3 is 2.44 bits per heavy atom. The summed E-state index contributed by atoms with van der Waals surface area (Å²) in [6.45, 7) is 6.12. The standard InChI is InChI=1S/C22H29N3O2/c1-2-8-19(18-9-4-3-5-10-18)23-22(27)17-24-13-15-25(16-14-24)20-11-6-7-12-21(20)26/h3-7,9-12,19,26H,2,8,13-17H2,1H3,(H,23,27)/p+1/t19-/m0/s1. The van der Waals surface area contributed by atoms with Crippen molar-refractivity contribution in [2.75, 3.05) is 37.6 Å². The molecule has 3 N–H and O–H groups in total. The number of nitrogens with zero attached hydrogens (tertiary/aromatic N) is 1. The van der Waals surface area contributed by atoms with Gasteiger partial charge in [-0.05, 0) is 24.1 Å². The summed E-state index contributed by atoms with van der Waals surface area (Å²) in [7, 11) is 0. The highest BCUT2D eigenvalue weighted by Gasteiger charge is 2.24. The molecule has 1 atom stereocenters. The molecule has 1 fully saturated rings. The summed E-state index contributed by atoms with van der Waals surface area (Å²) in [6.07, 6.45) is 1.98. The summed E-state index contributed by atoms with van der Waals surface area (Å²) in [5.41, 5.74) is 2.06. The summed E-state index contributed by atoms with van der Waals surface area (Å²) in [5.74, 6) is 0.437. The van der Waals surface area contributed by atoms with Gasteiger partial charge in [-0.3, -0.25) is 4.79 Å². The van der Waals surface area contributed by atoms with Crippen molar-refractivity contribution in [3.8, 4) is 5.75 Å². The van der Waals surface area contributed by atoms with E-state index in [-0.39, 0.29) is 11.9 Å². The molecule has 2 aromatic carbocycles. The largest absolute Gasteiger partial charge is 0.506 e. The average molecular weight is 369 g/mol. The molecule has 5 nitrogen and oxygen atoms in total. The maximum absolute atomic E-state index is 12.6. The summed E-state index contributed by atoms with van der Waals surface area (Å²) in [6, 6.07) is 17.7. The quantitative estimate of drug-likeness (QED) is 0.698. The second-order valence-electron chi connectivity index (χ2n) is 7.22. The monoisotopic (exact) mass is 368 g/mol. The second kappa shape index (κ2) is 9.42. The number of benzene rings is 2. The number of carbonyl (C=O) groups excluding carboxylic acids is 1. The van der Waals surface area contributed by atoms with E-state index in [9.17, 15) is 9.90 Å². The second-order valence-corrected chi connectivity index (χ2v) is 7.22. The van der Waals surface area contributed by atoms with Gasteiger partial charge in [-0.1, -0.05) is 55.8 Å². The smallest absolute Gasteiger partial charge is 0.275 e. The summed E-state index contributed by atoms with van der Waals surface area (Å²) in [4.78, 5) is 16.1. The first-order valence-corrected chi connectivity index (χ1v) is 9.88. The van der Waals surface area contributed by atoms with Crippen molar-refractivity contribution < 1.29 is 14.8 Å². The van der Waals surface area contributed by atoms with Crippen LogP contribution in [0.3, 0.4) is 0 Å². The molecule has 144 valence electrons. The van der Waals surface area contributed by atoms with Gasteiger partial charge >= 0.3 is 0 Å². The highest BCUT2D eigenvalue weighted by atomic mass is 16.3. The number of amides is 1. The Labute approximate surface area is 161 Å². The summed E-state index contributed by atoms with van der Waals surface area (Å²) in [5, 5.41) is 13.2. The van der Waals surface area contributed by atoms with Gasteiger partial charge in [0.15, 0.2) is 6.54 Å². The van der Waals surface area contributed by atoms with Crippen molar-refractivity contribution >= 4 is 11.6 Å². The first kappa shape index (κ1) is 19.2. The van der Waals surface area contributed by atoms with Gasteiger partial charge in [0.1, 0.15) is 5.75 Å². The lowest BCUT2D eigenvalue weighted by molar-refractivity contribution is -0.892. The number of para-hydroxylation sites is 2. The maximum atomic E-state index is 12.6. The van der Waals surface area contributed by atoms with Crippen molar-refractivity contribution in [1.82, 2.24) is 5.32 Å². The Morgan fingerprint density at radius 1 is 1.11 bits per heavy atom. The third-order valence-electron chi connectivity index (χ3n) is 5.22. The first-order chi connectivity index (χ1) is 13.2. The highest BCUT2D eigenvalue weighted by Crippen LogP contribution is 2.26. The molecular weight excluding hydrogens is 338 g/mol. The van der Waals surface area contributed by atoms with Crippen LogP contribution in [-0.4, -0.2) is 43.7 Å². The molecule has 0 bridgehead atoms. The number of anilines is 1. The molecule has 2 aromatic rings. The molecule has 0 unspecified atom stereocenters. The first-order valence-electron chi connectivity index (χ1n) is 9.88. The molecule has 0 aliphatic carbocycles. The van der Waals surface area contributed by atoms with Gasteiger partial charge < -0.3 is 20.2 Å². The lowest BCUT2D eigenvalue weighted by atomic mass is 10.0. The average Bonchev–Trinajstić information content (AvgIpc) is 2.69. The van der Waals surface area contributed by atoms with Gasteiger partial charge in [0.05, 0.1) is 37.9 Å². The highest BCUT2D eigenvalue weighted by molar-refractivity contribution is 5.77. The Morgan fingerprint density at radius 2 is 1.78 bits per heavy atom. The Kier molecular flexibility index (Phi) is 6.71. The predicted octanol–water partition coefficient (Wildman–Crippen LogP) is 1.75. The van der Waals surface area contributed by atoms with E-state index in [1.807, 2.05) is 36.4 Å². The number of phenolic OH excluding ortho intramolecular Hbond substituents is 1. The van der Waals surface area contributed by atoms with E-state index in [1.165, 1.54) is 10.5 Å². The molecule has 27 heavy (non-hydrogen) atoms. The minimum absolute atomic E-state index is 0.0886. The zero-order chi connectivity index (χ0) is 19.1. The van der Waals surface area contributed by atoms with Crippen LogP contribution in [0.5, 0.6) is 5.75 Å². The van der Waals surface area contributed by atoms with E-state index in [2.05, 4.69) is 29.3 Å². The minimum Gasteiger partial charge on any atom is -0.506 e. The van der Waals surface area contributed by atoms with Crippen LogP contribution in [0.4, 0.5) is 5.69 Å². The molecule has 3 rings (SSSR count). The molecule has 0 saturated carbocycles. The van der Waals surface area contributed by atoms with Crippen molar-refractivity contribution in [2.45, 2.75) is 25.8 Å². The molecular formula is C22H30N3O2+. The van der Waals surface area contributed by atoms with Crippen molar-refractivity contribution in [1.29, 1.82) is 0 Å². The van der Waals surface area contributed by atoms with E-state index in [1.54, 1.807) is 6.07 Å². The number of nitrogens with one attached hydrogen (secondary N) is 2. The number of hydrogen-bond acceptors (Lipinski definition) is 3. The van der Waals surface area contributed by atoms with E-state index in [4.69, 9.17) is 0 Å². The van der Waals surface area contributed by atoms with Crippen LogP contribution in [0.2, 0.25) is 0 Å². The van der Waals surface area contributed by atoms with Crippen molar-refractivity contribution in [3.05, 3.63) is 60.2 Å². The van der Waals surface area contributed by atoms with Gasteiger partial charge in [0.25, 0.3) is 5.91 Å².